The zero-order valence-corrected chi connectivity index (χ0v) is 14.8. The lowest BCUT2D eigenvalue weighted by atomic mass is 10.0. The van der Waals surface area contributed by atoms with Gasteiger partial charge in [0, 0.05) is 5.56 Å². The first kappa shape index (κ1) is 20.0. The molecule has 0 spiro atoms. The molecule has 0 aliphatic rings. The number of carbonyl (C=O) groups excluding carboxylic acids is 3. The van der Waals surface area contributed by atoms with Gasteiger partial charge in [-0.15, -0.1) is 0 Å². The molecule has 1 atom stereocenters. The number of halogens is 2. The number of carbonyl (C=O) groups is 3. The van der Waals surface area contributed by atoms with Gasteiger partial charge in [-0.2, -0.15) is 0 Å². The van der Waals surface area contributed by atoms with E-state index in [0.29, 0.717) is 0 Å². The highest BCUT2D eigenvalue weighted by atomic mass is 19.1. The number of hydrogen-bond donors (Lipinski definition) is 3. The number of nitrogens with one attached hydrogen (secondary N) is 3. The van der Waals surface area contributed by atoms with Crippen LogP contribution in [0.4, 0.5) is 8.78 Å². The van der Waals surface area contributed by atoms with Crippen molar-refractivity contribution in [3.63, 3.8) is 0 Å². The van der Waals surface area contributed by atoms with Crippen LogP contribution in [-0.4, -0.2) is 23.8 Å². The van der Waals surface area contributed by atoms with Gasteiger partial charge in [0.05, 0.1) is 5.56 Å². The molecule has 0 aliphatic carbocycles. The minimum absolute atomic E-state index is 0.185. The van der Waals surface area contributed by atoms with E-state index in [9.17, 15) is 23.2 Å². The minimum Gasteiger partial charge on any atom is -0.340 e. The van der Waals surface area contributed by atoms with Crippen LogP contribution in [-0.2, 0) is 4.79 Å². The Kier molecular flexibility index (Phi) is 6.59. The average molecular weight is 375 g/mol. The van der Waals surface area contributed by atoms with Crippen LogP contribution in [0.1, 0.15) is 34.6 Å². The summed E-state index contributed by atoms with van der Waals surface area (Å²) in [6.07, 6.45) is 0. The Morgan fingerprint density at radius 3 is 2.07 bits per heavy atom. The molecule has 0 heterocycles. The minimum atomic E-state index is -0.969. The summed E-state index contributed by atoms with van der Waals surface area (Å²) in [4.78, 5) is 36.5. The van der Waals surface area contributed by atoms with Gasteiger partial charge < -0.3 is 5.32 Å². The molecule has 27 heavy (non-hydrogen) atoms. The molecule has 3 N–H and O–H groups in total. The normalized spacial score (nSPS) is 11.6. The van der Waals surface area contributed by atoms with Gasteiger partial charge in [-0.3, -0.25) is 25.2 Å². The molecule has 0 unspecified atom stereocenters. The lowest BCUT2D eigenvalue weighted by Crippen LogP contribution is -2.54. The average Bonchev–Trinajstić information content (AvgIpc) is 2.64. The molecule has 0 aliphatic heterocycles. The van der Waals surface area contributed by atoms with Crippen molar-refractivity contribution in [1.82, 2.24) is 16.2 Å². The molecule has 0 radical (unpaired) electrons. The van der Waals surface area contributed by atoms with E-state index in [4.69, 9.17) is 0 Å². The highest BCUT2D eigenvalue weighted by molar-refractivity contribution is 5.99. The van der Waals surface area contributed by atoms with Crippen molar-refractivity contribution < 1.29 is 23.2 Å². The van der Waals surface area contributed by atoms with Crippen LogP contribution in [0.5, 0.6) is 0 Å². The number of hydrogen-bond acceptors (Lipinski definition) is 3. The van der Waals surface area contributed by atoms with E-state index in [-0.39, 0.29) is 17.0 Å². The summed E-state index contributed by atoms with van der Waals surface area (Å²) in [5.74, 6) is -3.59. The van der Waals surface area contributed by atoms with E-state index in [1.165, 1.54) is 30.3 Å². The Balaban J connectivity index is 2.00. The molecular weight excluding hydrogens is 356 g/mol. The molecule has 142 valence electrons. The predicted molar refractivity (Wildman–Crippen MR) is 94.5 cm³/mol. The summed E-state index contributed by atoms with van der Waals surface area (Å²) >= 11 is 0. The molecule has 6 nitrogen and oxygen atoms in total. The Hall–Kier alpha value is -3.29. The molecule has 2 aromatic rings. The van der Waals surface area contributed by atoms with Crippen molar-refractivity contribution in [2.75, 3.05) is 0 Å². The van der Waals surface area contributed by atoms with Crippen LogP contribution in [0.25, 0.3) is 0 Å². The molecule has 2 rings (SSSR count). The molecule has 3 amide bonds. The summed E-state index contributed by atoms with van der Waals surface area (Å²) in [6.45, 7) is 3.40. The number of hydrazine groups is 1. The summed E-state index contributed by atoms with van der Waals surface area (Å²) in [6, 6.07) is 9.19. The first-order valence-electron chi connectivity index (χ1n) is 8.20. The molecule has 0 aromatic heterocycles. The van der Waals surface area contributed by atoms with Gasteiger partial charge in [0.15, 0.2) is 0 Å². The number of amides is 3. The smallest absolute Gasteiger partial charge is 0.272 e. The highest BCUT2D eigenvalue weighted by Gasteiger charge is 2.25. The van der Waals surface area contributed by atoms with Gasteiger partial charge in [0.2, 0.25) is 0 Å². The fourth-order valence-corrected chi connectivity index (χ4v) is 2.27. The van der Waals surface area contributed by atoms with E-state index < -0.39 is 35.4 Å². The molecule has 0 fully saturated rings. The van der Waals surface area contributed by atoms with Gasteiger partial charge in [0.1, 0.15) is 17.7 Å². The maximum Gasteiger partial charge on any atom is 0.272 e. The zero-order valence-electron chi connectivity index (χ0n) is 14.8. The standard InChI is InChI=1S/C19H19F2N3O3/c1-11(2)16(22-17(25)12-7-9-13(20)10-8-12)19(27)24-23-18(26)14-5-3-4-6-15(14)21/h3-11,16H,1-2H3,(H,22,25)(H,23,26)(H,24,27)/t16-/m0/s1. The van der Waals surface area contributed by atoms with Crippen LogP contribution >= 0.6 is 0 Å². The van der Waals surface area contributed by atoms with Gasteiger partial charge in [-0.1, -0.05) is 26.0 Å². The van der Waals surface area contributed by atoms with Crippen LogP contribution in [0.3, 0.4) is 0 Å². The first-order chi connectivity index (χ1) is 12.8. The SMILES string of the molecule is CC(C)[C@H](NC(=O)c1ccc(F)cc1)C(=O)NNC(=O)c1ccccc1F. The molecule has 2 aromatic carbocycles. The van der Waals surface area contributed by atoms with Crippen molar-refractivity contribution in [2.45, 2.75) is 19.9 Å². The highest BCUT2D eigenvalue weighted by Crippen LogP contribution is 2.08. The van der Waals surface area contributed by atoms with E-state index in [1.54, 1.807) is 13.8 Å². The third-order valence-electron chi connectivity index (χ3n) is 3.76. The Bertz CT molecular complexity index is 838. The van der Waals surface area contributed by atoms with Crippen molar-refractivity contribution in [3.8, 4) is 0 Å². The van der Waals surface area contributed by atoms with Gasteiger partial charge in [-0.05, 0) is 42.3 Å². The summed E-state index contributed by atoms with van der Waals surface area (Å²) in [5, 5.41) is 2.53. The maximum absolute atomic E-state index is 13.6. The lowest BCUT2D eigenvalue weighted by Gasteiger charge is -2.22. The van der Waals surface area contributed by atoms with Gasteiger partial charge >= 0.3 is 0 Å². The third-order valence-corrected chi connectivity index (χ3v) is 3.76. The lowest BCUT2D eigenvalue weighted by molar-refractivity contribution is -0.124. The molecule has 0 saturated carbocycles. The Labute approximate surface area is 154 Å². The van der Waals surface area contributed by atoms with E-state index >= 15 is 0 Å². The zero-order chi connectivity index (χ0) is 20.0. The second-order valence-electron chi connectivity index (χ2n) is 6.13. The summed E-state index contributed by atoms with van der Waals surface area (Å²) in [5.41, 5.74) is 4.25. The summed E-state index contributed by atoms with van der Waals surface area (Å²) < 4.78 is 26.5. The van der Waals surface area contributed by atoms with Crippen molar-refractivity contribution in [3.05, 3.63) is 71.3 Å². The molecular formula is C19H19F2N3O3. The van der Waals surface area contributed by atoms with Crippen LogP contribution in [0.2, 0.25) is 0 Å². The van der Waals surface area contributed by atoms with Gasteiger partial charge in [0.25, 0.3) is 17.7 Å². The first-order valence-corrected chi connectivity index (χ1v) is 8.20. The second kappa shape index (κ2) is 8.88. The van der Waals surface area contributed by atoms with E-state index in [2.05, 4.69) is 16.2 Å². The second-order valence-corrected chi connectivity index (χ2v) is 6.13. The Morgan fingerprint density at radius 1 is 0.852 bits per heavy atom. The topological polar surface area (TPSA) is 87.3 Å². The monoisotopic (exact) mass is 375 g/mol. The van der Waals surface area contributed by atoms with Crippen molar-refractivity contribution in [2.24, 2.45) is 5.92 Å². The fraction of sp³-hybridized carbons (Fsp3) is 0.211. The largest absolute Gasteiger partial charge is 0.340 e. The molecule has 0 saturated heterocycles. The summed E-state index contributed by atoms with van der Waals surface area (Å²) in [7, 11) is 0. The van der Waals surface area contributed by atoms with Crippen LogP contribution < -0.4 is 16.2 Å². The van der Waals surface area contributed by atoms with Crippen LogP contribution in [0.15, 0.2) is 48.5 Å². The molecule has 0 bridgehead atoms. The third kappa shape index (κ3) is 5.34. The Morgan fingerprint density at radius 2 is 1.48 bits per heavy atom. The fourth-order valence-electron chi connectivity index (χ4n) is 2.27. The van der Waals surface area contributed by atoms with E-state index in [1.807, 2.05) is 0 Å². The van der Waals surface area contributed by atoms with Gasteiger partial charge in [-0.25, -0.2) is 8.78 Å². The molecule has 8 heteroatoms. The maximum atomic E-state index is 13.6. The van der Waals surface area contributed by atoms with Crippen molar-refractivity contribution in [1.29, 1.82) is 0 Å². The van der Waals surface area contributed by atoms with Crippen LogP contribution in [0, 0.1) is 17.6 Å². The number of benzene rings is 2. The van der Waals surface area contributed by atoms with E-state index in [0.717, 1.165) is 18.2 Å². The number of rotatable bonds is 5. The quantitative estimate of drug-likeness (QED) is 0.700. The van der Waals surface area contributed by atoms with Crippen molar-refractivity contribution >= 4 is 17.7 Å². The predicted octanol–water partition coefficient (Wildman–Crippen LogP) is 2.18.